The second-order valence-electron chi connectivity index (χ2n) is 3.96. The lowest BCUT2D eigenvalue weighted by Gasteiger charge is -2.24. The number of hydrogen-bond acceptors (Lipinski definition) is 4. The van der Waals surface area contributed by atoms with Crippen LogP contribution in [0.4, 0.5) is 17.2 Å². The van der Waals surface area contributed by atoms with Crippen LogP contribution in [-0.2, 0) is 0 Å². The third-order valence-electron chi connectivity index (χ3n) is 2.63. The maximum atomic E-state index is 8.77. The Bertz CT molecular complexity index is 592. The molecule has 1 aromatic carbocycles. The number of nitrogens with zero attached hydrogens (tertiary/aromatic N) is 3. The average Bonchev–Trinajstić information content (AvgIpc) is 2.42. The molecule has 0 unspecified atom stereocenters. The molecule has 5 heteroatoms. The molecule has 2 N–H and O–H groups in total. The predicted octanol–water partition coefficient (Wildman–Crippen LogP) is 3.37. The van der Waals surface area contributed by atoms with Crippen molar-refractivity contribution in [3.63, 3.8) is 0 Å². The van der Waals surface area contributed by atoms with E-state index < -0.39 is 0 Å². The molecule has 0 saturated heterocycles. The van der Waals surface area contributed by atoms with E-state index in [1.165, 1.54) is 0 Å². The summed E-state index contributed by atoms with van der Waals surface area (Å²) < 4.78 is 0. The Kier molecular flexibility index (Phi) is 4.22. The van der Waals surface area contributed by atoms with Crippen LogP contribution in [0.3, 0.4) is 0 Å². The molecule has 0 aliphatic carbocycles. The van der Waals surface area contributed by atoms with Crippen LogP contribution in [-0.4, -0.2) is 11.5 Å². The molecule has 0 radical (unpaired) electrons. The van der Waals surface area contributed by atoms with E-state index in [-0.39, 0.29) is 0 Å². The number of rotatable bonds is 4. The first-order valence-corrected chi connectivity index (χ1v) is 6.20. The van der Waals surface area contributed by atoms with Gasteiger partial charge in [-0.15, -0.1) is 0 Å². The standard InChI is InChI=1S/C14H13ClN4/c15-11-9-13(17)14(18-10-11)19(8-4-7-16)12-5-2-1-3-6-12/h1-3,5-6,9-10H,4,8,17H2. The van der Waals surface area contributed by atoms with Crippen molar-refractivity contribution in [2.24, 2.45) is 0 Å². The van der Waals surface area contributed by atoms with Crippen molar-refractivity contribution in [1.82, 2.24) is 4.98 Å². The van der Waals surface area contributed by atoms with Gasteiger partial charge in [-0.3, -0.25) is 0 Å². The molecule has 4 nitrogen and oxygen atoms in total. The van der Waals surface area contributed by atoms with Gasteiger partial charge in [0.15, 0.2) is 5.82 Å². The highest BCUT2D eigenvalue weighted by Gasteiger charge is 2.13. The number of hydrogen-bond donors (Lipinski definition) is 1. The summed E-state index contributed by atoms with van der Waals surface area (Å²) in [4.78, 5) is 6.18. The highest BCUT2D eigenvalue weighted by Crippen LogP contribution is 2.29. The van der Waals surface area contributed by atoms with E-state index in [0.717, 1.165) is 5.69 Å². The summed E-state index contributed by atoms with van der Waals surface area (Å²) in [5, 5.41) is 9.27. The van der Waals surface area contributed by atoms with Crippen molar-refractivity contribution < 1.29 is 0 Å². The molecule has 1 heterocycles. The number of nitrogens with two attached hydrogens (primary N) is 1. The highest BCUT2D eigenvalue weighted by molar-refractivity contribution is 6.30. The van der Waals surface area contributed by atoms with Crippen LogP contribution in [0.15, 0.2) is 42.6 Å². The molecule has 0 fully saturated rings. The molecule has 2 aromatic rings. The summed E-state index contributed by atoms with van der Waals surface area (Å²) >= 11 is 5.86. The Morgan fingerprint density at radius 1 is 1.32 bits per heavy atom. The fraction of sp³-hybridized carbons (Fsp3) is 0.143. The first-order valence-electron chi connectivity index (χ1n) is 5.83. The van der Waals surface area contributed by atoms with Crippen LogP contribution in [0, 0.1) is 11.3 Å². The molecule has 0 spiro atoms. The molecule has 1 aromatic heterocycles. The summed E-state index contributed by atoms with van der Waals surface area (Å²) in [6, 6.07) is 13.5. The van der Waals surface area contributed by atoms with Crippen LogP contribution in [0.1, 0.15) is 6.42 Å². The van der Waals surface area contributed by atoms with Gasteiger partial charge in [-0.25, -0.2) is 4.98 Å². The smallest absolute Gasteiger partial charge is 0.156 e. The fourth-order valence-corrected chi connectivity index (χ4v) is 1.97. The van der Waals surface area contributed by atoms with Crippen molar-refractivity contribution >= 4 is 28.8 Å². The van der Waals surface area contributed by atoms with Gasteiger partial charge in [0, 0.05) is 18.4 Å². The summed E-state index contributed by atoms with van der Waals surface area (Å²) in [5.41, 5.74) is 7.40. The first-order chi connectivity index (χ1) is 9.22. The third kappa shape index (κ3) is 3.15. The van der Waals surface area contributed by atoms with Gasteiger partial charge < -0.3 is 10.6 Å². The maximum Gasteiger partial charge on any atom is 0.156 e. The Morgan fingerprint density at radius 2 is 2.05 bits per heavy atom. The van der Waals surface area contributed by atoms with Gasteiger partial charge >= 0.3 is 0 Å². The zero-order valence-corrected chi connectivity index (χ0v) is 11.0. The van der Waals surface area contributed by atoms with Crippen molar-refractivity contribution in [2.45, 2.75) is 6.42 Å². The van der Waals surface area contributed by atoms with E-state index in [0.29, 0.717) is 29.5 Å². The monoisotopic (exact) mass is 272 g/mol. The fourth-order valence-electron chi connectivity index (χ4n) is 1.80. The van der Waals surface area contributed by atoms with Gasteiger partial charge in [-0.1, -0.05) is 29.8 Å². The minimum Gasteiger partial charge on any atom is -0.396 e. The lowest BCUT2D eigenvalue weighted by molar-refractivity contribution is 0.929. The largest absolute Gasteiger partial charge is 0.396 e. The summed E-state index contributed by atoms with van der Waals surface area (Å²) in [7, 11) is 0. The van der Waals surface area contributed by atoms with E-state index in [9.17, 15) is 0 Å². The van der Waals surface area contributed by atoms with Gasteiger partial charge in [0.2, 0.25) is 0 Å². The molecule has 0 amide bonds. The van der Waals surface area contributed by atoms with E-state index in [1.54, 1.807) is 12.3 Å². The number of nitrogen functional groups attached to an aromatic ring is 1. The van der Waals surface area contributed by atoms with E-state index in [1.807, 2.05) is 35.2 Å². The maximum absolute atomic E-state index is 8.77. The number of benzene rings is 1. The zero-order chi connectivity index (χ0) is 13.7. The van der Waals surface area contributed by atoms with Gasteiger partial charge in [0.05, 0.1) is 23.2 Å². The van der Waals surface area contributed by atoms with Gasteiger partial charge in [-0.05, 0) is 18.2 Å². The normalized spacial score (nSPS) is 9.89. The summed E-state index contributed by atoms with van der Waals surface area (Å²) in [5.74, 6) is 0.617. The molecule has 0 bridgehead atoms. The number of pyridine rings is 1. The Hall–Kier alpha value is -2.25. The van der Waals surface area contributed by atoms with Gasteiger partial charge in [0.25, 0.3) is 0 Å². The molecular weight excluding hydrogens is 260 g/mol. The van der Waals surface area contributed by atoms with E-state index in [2.05, 4.69) is 11.1 Å². The Labute approximate surface area is 117 Å². The molecule has 0 aliphatic heterocycles. The van der Waals surface area contributed by atoms with Gasteiger partial charge in [-0.2, -0.15) is 5.26 Å². The number of para-hydroxylation sites is 1. The van der Waals surface area contributed by atoms with Crippen LogP contribution < -0.4 is 10.6 Å². The highest BCUT2D eigenvalue weighted by atomic mass is 35.5. The van der Waals surface area contributed by atoms with Crippen LogP contribution in [0.2, 0.25) is 5.02 Å². The Morgan fingerprint density at radius 3 is 2.68 bits per heavy atom. The predicted molar refractivity (Wildman–Crippen MR) is 77.3 cm³/mol. The number of anilines is 3. The van der Waals surface area contributed by atoms with Gasteiger partial charge in [0.1, 0.15) is 0 Å². The number of aromatic nitrogens is 1. The lowest BCUT2D eigenvalue weighted by Crippen LogP contribution is -2.20. The molecular formula is C14H13ClN4. The van der Waals surface area contributed by atoms with E-state index >= 15 is 0 Å². The average molecular weight is 273 g/mol. The summed E-state index contributed by atoms with van der Waals surface area (Å²) in [6.45, 7) is 0.527. The minimum atomic E-state index is 0.388. The number of nitriles is 1. The van der Waals surface area contributed by atoms with E-state index in [4.69, 9.17) is 22.6 Å². The van der Waals surface area contributed by atoms with Crippen LogP contribution >= 0.6 is 11.6 Å². The summed E-state index contributed by atoms with van der Waals surface area (Å²) in [6.07, 6.45) is 1.94. The minimum absolute atomic E-state index is 0.388. The number of halogens is 1. The molecule has 96 valence electrons. The second-order valence-corrected chi connectivity index (χ2v) is 4.40. The van der Waals surface area contributed by atoms with Crippen LogP contribution in [0.25, 0.3) is 0 Å². The SMILES string of the molecule is N#CCCN(c1ccccc1)c1ncc(Cl)cc1N. The van der Waals surface area contributed by atoms with Crippen LogP contribution in [0.5, 0.6) is 0 Å². The topological polar surface area (TPSA) is 65.9 Å². The molecule has 19 heavy (non-hydrogen) atoms. The first kappa shape index (κ1) is 13.2. The molecule has 0 atom stereocenters. The van der Waals surface area contributed by atoms with Crippen molar-refractivity contribution in [3.05, 3.63) is 47.6 Å². The zero-order valence-electron chi connectivity index (χ0n) is 10.3. The molecule has 0 aliphatic rings. The Balaban J connectivity index is 2.40. The van der Waals surface area contributed by atoms with Crippen molar-refractivity contribution in [2.75, 3.05) is 17.2 Å². The molecule has 0 saturated carbocycles. The second kappa shape index (κ2) is 6.07. The van der Waals surface area contributed by atoms with Crippen molar-refractivity contribution in [1.29, 1.82) is 5.26 Å². The third-order valence-corrected chi connectivity index (χ3v) is 2.84. The quantitative estimate of drug-likeness (QED) is 0.927. The van der Waals surface area contributed by atoms with Crippen molar-refractivity contribution in [3.8, 4) is 6.07 Å². The molecule has 2 rings (SSSR count). The lowest BCUT2D eigenvalue weighted by atomic mass is 10.2.